The number of allylic oxidation sites excluding steroid dienone is 2. The molecule has 3 aromatic rings. The molecule has 0 saturated carbocycles. The summed E-state index contributed by atoms with van der Waals surface area (Å²) in [5.41, 5.74) is 2.83. The topological polar surface area (TPSA) is 41.6 Å². The van der Waals surface area contributed by atoms with E-state index in [0.29, 0.717) is 6.71 Å². The maximum Gasteiger partial charge on any atom is 0.209 e. The Morgan fingerprint density at radius 2 is 1.66 bits per heavy atom. The highest BCUT2D eigenvalue weighted by Gasteiger charge is 2.17. The lowest BCUT2D eigenvalue weighted by molar-refractivity contribution is 0.580. The molecule has 0 spiro atoms. The van der Waals surface area contributed by atoms with Crippen molar-refractivity contribution >= 4 is 17.6 Å². The SMILES string of the molecule is CC(C#N)Cn1ccnc1.CCC=CCCB(c1ccccc1)c1ccccc1. The first kappa shape index (κ1) is 22.2. The molecule has 3 rings (SSSR count). The Hall–Kier alpha value is -3.06. The van der Waals surface area contributed by atoms with E-state index in [1.165, 1.54) is 17.2 Å². The number of aromatic nitrogens is 2. The standard InChI is InChI=1S/C18H21B.C7H9N3/c1-2-3-4-11-16-19(17-12-7-5-8-13-17)18-14-9-6-10-15-18;1-7(4-8)5-10-3-2-9-6-10/h3-10,12-15H,2,11,16H2,1H3;2-3,6-7H,5H2,1H3. The molecule has 1 atom stereocenters. The molecule has 3 nitrogen and oxygen atoms in total. The molecule has 1 aromatic heterocycles. The van der Waals surface area contributed by atoms with Crippen LogP contribution < -0.4 is 10.9 Å². The van der Waals surface area contributed by atoms with Crippen LogP contribution in [-0.4, -0.2) is 16.3 Å². The predicted molar refractivity (Wildman–Crippen MR) is 124 cm³/mol. The highest BCUT2D eigenvalue weighted by atomic mass is 15.0. The van der Waals surface area contributed by atoms with Crippen molar-refractivity contribution in [3.63, 3.8) is 0 Å². The zero-order valence-electron chi connectivity index (χ0n) is 17.5. The van der Waals surface area contributed by atoms with Gasteiger partial charge >= 0.3 is 0 Å². The highest BCUT2D eigenvalue weighted by molar-refractivity contribution is 6.85. The Morgan fingerprint density at radius 1 is 1.03 bits per heavy atom. The lowest BCUT2D eigenvalue weighted by Crippen LogP contribution is -2.41. The molecular weight excluding hydrogens is 353 g/mol. The average Bonchev–Trinajstić information content (AvgIpc) is 3.28. The fourth-order valence-corrected chi connectivity index (χ4v) is 3.20. The molecule has 0 radical (unpaired) electrons. The summed E-state index contributed by atoms with van der Waals surface area (Å²) in [7, 11) is 0. The summed E-state index contributed by atoms with van der Waals surface area (Å²) in [4.78, 5) is 3.86. The van der Waals surface area contributed by atoms with Crippen LogP contribution in [0.1, 0.15) is 26.7 Å². The molecule has 0 saturated heterocycles. The first-order valence-electron chi connectivity index (χ1n) is 10.3. The lowest BCUT2D eigenvalue weighted by Gasteiger charge is -2.13. The molecule has 2 aromatic carbocycles. The zero-order valence-corrected chi connectivity index (χ0v) is 17.5. The van der Waals surface area contributed by atoms with Gasteiger partial charge in [-0.1, -0.05) is 97.0 Å². The van der Waals surface area contributed by atoms with Crippen molar-refractivity contribution in [3.05, 3.63) is 91.5 Å². The van der Waals surface area contributed by atoms with E-state index < -0.39 is 0 Å². The van der Waals surface area contributed by atoms with Gasteiger partial charge in [0.1, 0.15) is 0 Å². The number of hydrogen-bond donors (Lipinski definition) is 0. The Bertz CT molecular complexity index is 813. The second kappa shape index (κ2) is 13.2. The van der Waals surface area contributed by atoms with E-state index in [9.17, 15) is 0 Å². The van der Waals surface area contributed by atoms with Crippen LogP contribution in [0.25, 0.3) is 0 Å². The Balaban J connectivity index is 0.000000253. The highest BCUT2D eigenvalue weighted by Crippen LogP contribution is 2.03. The number of hydrogen-bond acceptors (Lipinski definition) is 2. The van der Waals surface area contributed by atoms with Crippen LogP contribution in [0, 0.1) is 17.2 Å². The molecule has 1 heterocycles. The third kappa shape index (κ3) is 8.23. The predicted octanol–water partition coefficient (Wildman–Crippen LogP) is 4.69. The van der Waals surface area contributed by atoms with E-state index in [4.69, 9.17) is 5.26 Å². The minimum absolute atomic E-state index is 0.0641. The van der Waals surface area contributed by atoms with Gasteiger partial charge in [-0.3, -0.25) is 0 Å². The Morgan fingerprint density at radius 3 is 2.14 bits per heavy atom. The summed E-state index contributed by atoms with van der Waals surface area (Å²) in [5.74, 6) is 0.0641. The number of rotatable bonds is 8. The maximum absolute atomic E-state index is 8.45. The summed E-state index contributed by atoms with van der Waals surface area (Å²) in [6, 6.07) is 23.8. The molecule has 29 heavy (non-hydrogen) atoms. The maximum atomic E-state index is 8.45. The van der Waals surface area contributed by atoms with Crippen LogP contribution in [0.3, 0.4) is 0 Å². The molecule has 0 N–H and O–H groups in total. The Labute approximate surface area is 175 Å². The van der Waals surface area contributed by atoms with Crippen LogP contribution in [0.15, 0.2) is 91.5 Å². The van der Waals surface area contributed by atoms with E-state index in [1.54, 1.807) is 12.5 Å². The molecule has 0 aliphatic carbocycles. The number of benzene rings is 2. The van der Waals surface area contributed by atoms with Gasteiger partial charge in [-0.15, -0.1) is 0 Å². The van der Waals surface area contributed by atoms with Crippen molar-refractivity contribution in [2.75, 3.05) is 0 Å². The third-order valence-electron chi connectivity index (χ3n) is 4.69. The number of nitrogens with zero attached hydrogens (tertiary/aromatic N) is 3. The van der Waals surface area contributed by atoms with Crippen molar-refractivity contribution in [1.82, 2.24) is 9.55 Å². The summed E-state index contributed by atoms with van der Waals surface area (Å²) in [6.45, 7) is 5.31. The van der Waals surface area contributed by atoms with Crippen LogP contribution in [0.5, 0.6) is 0 Å². The van der Waals surface area contributed by atoms with Gasteiger partial charge in [0.15, 0.2) is 0 Å². The molecule has 0 fully saturated rings. The molecule has 0 bridgehead atoms. The first-order valence-corrected chi connectivity index (χ1v) is 10.3. The smallest absolute Gasteiger partial charge is 0.209 e. The van der Waals surface area contributed by atoms with E-state index in [1.807, 2.05) is 17.7 Å². The van der Waals surface area contributed by atoms with Gasteiger partial charge in [-0.2, -0.15) is 5.26 Å². The number of imidazole rings is 1. The second-order valence-corrected chi connectivity index (χ2v) is 7.12. The summed E-state index contributed by atoms with van der Waals surface area (Å²) in [5, 5.41) is 8.45. The largest absolute Gasteiger partial charge is 0.336 e. The molecule has 4 heteroatoms. The quantitative estimate of drug-likeness (QED) is 0.418. The third-order valence-corrected chi connectivity index (χ3v) is 4.69. The monoisotopic (exact) mass is 383 g/mol. The van der Waals surface area contributed by atoms with Crippen LogP contribution >= 0.6 is 0 Å². The fourth-order valence-electron chi connectivity index (χ4n) is 3.20. The van der Waals surface area contributed by atoms with E-state index >= 15 is 0 Å². The summed E-state index contributed by atoms with van der Waals surface area (Å²) < 4.78 is 1.90. The molecule has 0 amide bonds. The fraction of sp³-hybridized carbons (Fsp3) is 0.280. The van der Waals surface area contributed by atoms with E-state index in [0.717, 1.165) is 19.4 Å². The van der Waals surface area contributed by atoms with Gasteiger partial charge in [0.2, 0.25) is 6.71 Å². The van der Waals surface area contributed by atoms with Gasteiger partial charge < -0.3 is 4.57 Å². The average molecular weight is 383 g/mol. The lowest BCUT2D eigenvalue weighted by atomic mass is 9.38. The second-order valence-electron chi connectivity index (χ2n) is 7.12. The van der Waals surface area contributed by atoms with Crippen LogP contribution in [0.4, 0.5) is 0 Å². The normalized spacial score (nSPS) is 11.3. The summed E-state index contributed by atoms with van der Waals surface area (Å²) in [6.07, 6.45) is 13.3. The molecule has 0 aliphatic rings. The Kier molecular flexibility index (Phi) is 10.1. The van der Waals surface area contributed by atoms with Crippen LogP contribution in [-0.2, 0) is 6.54 Å². The van der Waals surface area contributed by atoms with Gasteiger partial charge in [-0.25, -0.2) is 4.98 Å². The van der Waals surface area contributed by atoms with Crippen molar-refractivity contribution in [1.29, 1.82) is 5.26 Å². The molecule has 148 valence electrons. The van der Waals surface area contributed by atoms with Crippen molar-refractivity contribution in [2.45, 2.75) is 39.6 Å². The van der Waals surface area contributed by atoms with Gasteiger partial charge in [-0.05, 0) is 19.8 Å². The molecular formula is C25H30BN3. The molecule has 1 unspecified atom stereocenters. The van der Waals surface area contributed by atoms with Gasteiger partial charge in [0, 0.05) is 18.9 Å². The van der Waals surface area contributed by atoms with Crippen molar-refractivity contribution < 1.29 is 0 Å². The minimum atomic E-state index is 0.0641. The number of nitriles is 1. The van der Waals surface area contributed by atoms with E-state index in [2.05, 4.69) is 90.8 Å². The van der Waals surface area contributed by atoms with Crippen LogP contribution in [0.2, 0.25) is 6.32 Å². The molecule has 0 aliphatic heterocycles. The van der Waals surface area contributed by atoms with Crippen molar-refractivity contribution in [3.8, 4) is 6.07 Å². The minimum Gasteiger partial charge on any atom is -0.336 e. The zero-order chi connectivity index (χ0) is 20.7. The van der Waals surface area contributed by atoms with Gasteiger partial charge in [0.25, 0.3) is 0 Å². The van der Waals surface area contributed by atoms with Gasteiger partial charge in [0.05, 0.1) is 18.3 Å². The van der Waals surface area contributed by atoms with Crippen molar-refractivity contribution in [2.24, 2.45) is 5.92 Å². The van der Waals surface area contributed by atoms with E-state index in [-0.39, 0.29) is 5.92 Å². The summed E-state index contributed by atoms with van der Waals surface area (Å²) >= 11 is 0. The first-order chi connectivity index (χ1) is 14.2.